The molecule has 0 aliphatic heterocycles. The van der Waals surface area contributed by atoms with E-state index in [1.807, 2.05) is 31.3 Å². The van der Waals surface area contributed by atoms with Crippen molar-refractivity contribution in [1.82, 2.24) is 10.3 Å². The van der Waals surface area contributed by atoms with Crippen molar-refractivity contribution in [2.24, 2.45) is 0 Å². The maximum absolute atomic E-state index is 13.5. The molecule has 21 heavy (non-hydrogen) atoms. The van der Waals surface area contributed by atoms with Gasteiger partial charge in [-0.2, -0.15) is 0 Å². The minimum atomic E-state index is -0.184. The van der Waals surface area contributed by atoms with E-state index >= 15 is 0 Å². The molecule has 1 aromatic carbocycles. The number of hydrogen-bond acceptors (Lipinski definition) is 4. The van der Waals surface area contributed by atoms with Crippen molar-refractivity contribution in [3.05, 3.63) is 64.7 Å². The normalized spacial score (nSPS) is 11.0. The molecule has 0 bridgehead atoms. The molecule has 5 heteroatoms. The summed E-state index contributed by atoms with van der Waals surface area (Å²) in [5.41, 5.74) is 0.663. The maximum Gasteiger partial charge on any atom is 0.145 e. The number of nitrogens with one attached hydrogen (secondary N) is 1. The van der Waals surface area contributed by atoms with Crippen LogP contribution in [-0.4, -0.2) is 4.98 Å². The van der Waals surface area contributed by atoms with Gasteiger partial charge < -0.3 is 9.73 Å². The summed E-state index contributed by atoms with van der Waals surface area (Å²) in [4.78, 5) is 5.36. The minimum Gasteiger partial charge on any atom is -0.460 e. The van der Waals surface area contributed by atoms with Crippen LogP contribution in [0.2, 0.25) is 0 Å². The quantitative estimate of drug-likeness (QED) is 0.769. The highest BCUT2D eigenvalue weighted by Crippen LogP contribution is 2.27. The van der Waals surface area contributed by atoms with Gasteiger partial charge in [-0.25, -0.2) is 9.37 Å². The summed E-state index contributed by atoms with van der Waals surface area (Å²) in [6.07, 6.45) is 1.81. The fourth-order valence-corrected chi connectivity index (χ4v) is 2.87. The molecule has 0 fully saturated rings. The van der Waals surface area contributed by atoms with Gasteiger partial charge in [-0.15, -0.1) is 11.3 Å². The topological polar surface area (TPSA) is 38.1 Å². The lowest BCUT2D eigenvalue weighted by molar-refractivity contribution is 0.549. The van der Waals surface area contributed by atoms with Crippen LogP contribution >= 0.6 is 11.3 Å². The summed E-state index contributed by atoms with van der Waals surface area (Å²) in [7, 11) is 0. The van der Waals surface area contributed by atoms with Gasteiger partial charge in [-0.05, 0) is 25.1 Å². The van der Waals surface area contributed by atoms with Gasteiger partial charge in [0.2, 0.25) is 0 Å². The van der Waals surface area contributed by atoms with Crippen LogP contribution in [-0.2, 0) is 13.1 Å². The van der Waals surface area contributed by atoms with E-state index in [0.717, 1.165) is 21.4 Å². The maximum atomic E-state index is 13.5. The van der Waals surface area contributed by atoms with Crippen LogP contribution in [0.4, 0.5) is 4.39 Å². The summed E-state index contributed by atoms with van der Waals surface area (Å²) >= 11 is 1.58. The smallest absolute Gasteiger partial charge is 0.145 e. The second-order valence-corrected chi connectivity index (χ2v) is 5.84. The molecule has 3 nitrogen and oxygen atoms in total. The molecule has 0 radical (unpaired) electrons. The van der Waals surface area contributed by atoms with Crippen LogP contribution < -0.4 is 5.32 Å². The van der Waals surface area contributed by atoms with Gasteiger partial charge in [0.15, 0.2) is 0 Å². The second kappa shape index (κ2) is 6.20. The number of thiazole rings is 1. The number of furan rings is 1. The summed E-state index contributed by atoms with van der Waals surface area (Å²) in [6, 6.07) is 10.7. The first-order chi connectivity index (χ1) is 10.2. The molecule has 0 saturated carbocycles. The van der Waals surface area contributed by atoms with Crippen LogP contribution in [0.15, 0.2) is 47.0 Å². The Morgan fingerprint density at radius 3 is 2.81 bits per heavy atom. The van der Waals surface area contributed by atoms with Crippen molar-refractivity contribution < 1.29 is 8.81 Å². The number of nitrogens with zero attached hydrogens (tertiary/aromatic N) is 1. The van der Waals surface area contributed by atoms with Crippen molar-refractivity contribution in [2.45, 2.75) is 20.0 Å². The molecule has 0 spiro atoms. The molecule has 3 aromatic rings. The van der Waals surface area contributed by atoms with Gasteiger partial charge in [0.25, 0.3) is 0 Å². The van der Waals surface area contributed by atoms with Gasteiger partial charge in [0, 0.05) is 24.8 Å². The minimum absolute atomic E-state index is 0.184. The number of hydrogen-bond donors (Lipinski definition) is 1. The highest BCUT2D eigenvalue weighted by Gasteiger charge is 2.08. The van der Waals surface area contributed by atoms with E-state index in [1.54, 1.807) is 23.5 Å². The molecule has 2 heterocycles. The van der Waals surface area contributed by atoms with Crippen LogP contribution in [0.5, 0.6) is 0 Å². The monoisotopic (exact) mass is 302 g/mol. The van der Waals surface area contributed by atoms with E-state index in [0.29, 0.717) is 18.7 Å². The van der Waals surface area contributed by atoms with E-state index in [9.17, 15) is 4.39 Å². The molecule has 1 N–H and O–H groups in total. The highest BCUT2D eigenvalue weighted by atomic mass is 32.1. The average Bonchev–Trinajstić information content (AvgIpc) is 3.10. The molecule has 2 aromatic heterocycles. The van der Waals surface area contributed by atoms with Crippen molar-refractivity contribution in [1.29, 1.82) is 0 Å². The van der Waals surface area contributed by atoms with E-state index in [4.69, 9.17) is 4.42 Å². The third-order valence-corrected chi connectivity index (χ3v) is 4.10. The molecular formula is C16H15FN2OS. The van der Waals surface area contributed by atoms with Crippen molar-refractivity contribution in [3.8, 4) is 10.6 Å². The molecule has 0 saturated heterocycles. The fraction of sp³-hybridized carbons (Fsp3) is 0.188. The standard InChI is InChI=1S/C16H15FN2OS/c1-11-6-7-14(20-11)15-9-19-16(21-15)10-18-8-12-4-2-3-5-13(12)17/h2-7,9,18H,8,10H2,1H3. The van der Waals surface area contributed by atoms with Crippen molar-refractivity contribution >= 4 is 11.3 Å². The Bertz CT molecular complexity index is 735. The molecule has 0 unspecified atom stereocenters. The Hall–Kier alpha value is -1.98. The molecule has 0 aliphatic rings. The molecule has 3 rings (SSSR count). The van der Waals surface area contributed by atoms with Crippen molar-refractivity contribution in [3.63, 3.8) is 0 Å². The van der Waals surface area contributed by atoms with E-state index < -0.39 is 0 Å². The Labute approximate surface area is 126 Å². The van der Waals surface area contributed by atoms with E-state index in [1.165, 1.54) is 6.07 Å². The molecule has 0 amide bonds. The third-order valence-electron chi connectivity index (χ3n) is 3.09. The van der Waals surface area contributed by atoms with Crippen LogP contribution in [0.1, 0.15) is 16.3 Å². The number of aryl methyl sites for hydroxylation is 1. The van der Waals surface area contributed by atoms with Gasteiger partial charge in [-0.1, -0.05) is 18.2 Å². The number of halogens is 1. The van der Waals surface area contributed by atoms with Crippen LogP contribution in [0, 0.1) is 12.7 Å². The van der Waals surface area contributed by atoms with E-state index in [-0.39, 0.29) is 5.82 Å². The second-order valence-electron chi connectivity index (χ2n) is 4.72. The van der Waals surface area contributed by atoms with Gasteiger partial charge in [0.05, 0.1) is 4.88 Å². The van der Waals surface area contributed by atoms with Gasteiger partial charge in [-0.3, -0.25) is 0 Å². The predicted octanol–water partition coefficient (Wildman–Crippen LogP) is 4.14. The van der Waals surface area contributed by atoms with E-state index in [2.05, 4.69) is 10.3 Å². The zero-order valence-corrected chi connectivity index (χ0v) is 12.4. The van der Waals surface area contributed by atoms with Crippen LogP contribution in [0.3, 0.4) is 0 Å². The lowest BCUT2D eigenvalue weighted by atomic mass is 10.2. The molecule has 0 aliphatic carbocycles. The molecule has 0 atom stereocenters. The van der Waals surface area contributed by atoms with Gasteiger partial charge >= 0.3 is 0 Å². The first-order valence-corrected chi connectivity index (χ1v) is 7.49. The summed E-state index contributed by atoms with van der Waals surface area (Å²) in [5, 5.41) is 4.16. The number of rotatable bonds is 5. The molecule has 108 valence electrons. The Morgan fingerprint density at radius 1 is 1.19 bits per heavy atom. The first kappa shape index (κ1) is 14.0. The number of aromatic nitrogens is 1. The lowest BCUT2D eigenvalue weighted by Gasteiger charge is -2.03. The Morgan fingerprint density at radius 2 is 2.05 bits per heavy atom. The molecular weight excluding hydrogens is 287 g/mol. The summed E-state index contributed by atoms with van der Waals surface area (Å²) < 4.78 is 19.1. The number of benzene rings is 1. The largest absolute Gasteiger partial charge is 0.460 e. The third kappa shape index (κ3) is 3.37. The average molecular weight is 302 g/mol. The summed E-state index contributed by atoms with van der Waals surface area (Å²) in [5.74, 6) is 1.54. The Kier molecular flexibility index (Phi) is 4.13. The fourth-order valence-electron chi connectivity index (χ4n) is 2.02. The predicted molar refractivity (Wildman–Crippen MR) is 81.5 cm³/mol. The summed E-state index contributed by atoms with van der Waals surface area (Å²) in [6.45, 7) is 3.02. The zero-order valence-electron chi connectivity index (χ0n) is 11.6. The first-order valence-electron chi connectivity index (χ1n) is 6.68. The van der Waals surface area contributed by atoms with Gasteiger partial charge in [0.1, 0.15) is 22.3 Å². The van der Waals surface area contributed by atoms with Crippen LogP contribution in [0.25, 0.3) is 10.6 Å². The Balaban J connectivity index is 1.59. The highest BCUT2D eigenvalue weighted by molar-refractivity contribution is 7.15. The SMILES string of the molecule is Cc1ccc(-c2cnc(CNCc3ccccc3F)s2)o1. The zero-order chi connectivity index (χ0) is 14.7. The lowest BCUT2D eigenvalue weighted by Crippen LogP contribution is -2.13. The van der Waals surface area contributed by atoms with Crippen molar-refractivity contribution in [2.75, 3.05) is 0 Å².